The highest BCUT2D eigenvalue weighted by Crippen LogP contribution is 2.29. The first-order valence-corrected chi connectivity index (χ1v) is 9.36. The average Bonchev–Trinajstić information content (AvgIpc) is 2.55. The van der Waals surface area contributed by atoms with Gasteiger partial charge in [-0.05, 0) is 39.3 Å². The van der Waals surface area contributed by atoms with Gasteiger partial charge in [0.1, 0.15) is 0 Å². The molecule has 0 unspecified atom stereocenters. The number of hydrogen-bond donors (Lipinski definition) is 0. The third kappa shape index (κ3) is 8.71. The van der Waals surface area contributed by atoms with Gasteiger partial charge in [0.05, 0.1) is 5.41 Å². The van der Waals surface area contributed by atoms with E-state index in [0.717, 1.165) is 19.3 Å². The summed E-state index contributed by atoms with van der Waals surface area (Å²) in [5.74, 6) is -0.0562. The van der Waals surface area contributed by atoms with Crippen molar-refractivity contribution in [1.29, 1.82) is 0 Å². The van der Waals surface area contributed by atoms with Gasteiger partial charge in [-0.25, -0.2) is 0 Å². The molecule has 0 fully saturated rings. The summed E-state index contributed by atoms with van der Waals surface area (Å²) in [5.41, 5.74) is -0.616. The Morgan fingerprint density at radius 1 is 0.840 bits per heavy atom. The number of carbonyl (C=O) groups excluding carboxylic acids is 2. The van der Waals surface area contributed by atoms with Gasteiger partial charge in [0.2, 0.25) is 0 Å². The molecule has 4 heteroatoms. The molecule has 0 radical (unpaired) electrons. The zero-order valence-electron chi connectivity index (χ0n) is 16.1. The van der Waals surface area contributed by atoms with Crippen LogP contribution in [0.1, 0.15) is 79.1 Å². The first-order chi connectivity index (χ1) is 11.8. The summed E-state index contributed by atoms with van der Waals surface area (Å²) in [5, 5.41) is 0. The molecule has 0 spiro atoms. The molecule has 25 heavy (non-hydrogen) atoms. The summed E-state index contributed by atoms with van der Waals surface area (Å²) in [4.78, 5) is 24.0. The van der Waals surface area contributed by atoms with Crippen molar-refractivity contribution >= 4 is 11.9 Å². The molecule has 4 nitrogen and oxygen atoms in total. The zero-order chi connectivity index (χ0) is 18.7. The number of esters is 2. The van der Waals surface area contributed by atoms with Gasteiger partial charge in [-0.2, -0.15) is 0 Å². The van der Waals surface area contributed by atoms with Crippen LogP contribution in [0.15, 0.2) is 24.3 Å². The lowest BCUT2D eigenvalue weighted by atomic mass is 9.97. The Morgan fingerprint density at radius 2 is 1.36 bits per heavy atom. The number of rotatable bonds is 10. The summed E-state index contributed by atoms with van der Waals surface area (Å²) >= 11 is 0. The maximum atomic E-state index is 12.0. The Hall–Kier alpha value is -1.84. The third-order valence-corrected chi connectivity index (χ3v) is 3.87. The van der Waals surface area contributed by atoms with Crippen molar-refractivity contribution in [2.45, 2.75) is 79.1 Å². The molecular weight excluding hydrogens is 316 g/mol. The van der Waals surface area contributed by atoms with Crippen molar-refractivity contribution in [3.05, 3.63) is 24.3 Å². The van der Waals surface area contributed by atoms with Crippen molar-refractivity contribution in [3.8, 4) is 11.5 Å². The van der Waals surface area contributed by atoms with Gasteiger partial charge >= 0.3 is 11.9 Å². The van der Waals surface area contributed by atoms with E-state index < -0.39 is 5.41 Å². The molecule has 0 aromatic heterocycles. The summed E-state index contributed by atoms with van der Waals surface area (Å²) < 4.78 is 10.8. The van der Waals surface area contributed by atoms with Gasteiger partial charge in [0.25, 0.3) is 0 Å². The first kappa shape index (κ1) is 21.2. The molecule has 0 aliphatic heterocycles. The SMILES string of the molecule is CCCCCCCCCC(=O)Oc1ccccc1OC(=O)C(C)(C)C. The fourth-order valence-electron chi connectivity index (χ4n) is 2.27. The molecule has 140 valence electrons. The number of hydrogen-bond acceptors (Lipinski definition) is 4. The Balaban J connectivity index is 2.43. The van der Waals surface area contributed by atoms with Crippen LogP contribution >= 0.6 is 0 Å². The lowest BCUT2D eigenvalue weighted by molar-refractivity contribution is -0.143. The van der Waals surface area contributed by atoms with Crippen molar-refractivity contribution in [3.63, 3.8) is 0 Å². The highest BCUT2D eigenvalue weighted by atomic mass is 16.6. The molecule has 1 aromatic rings. The Morgan fingerprint density at radius 3 is 1.92 bits per heavy atom. The van der Waals surface area contributed by atoms with E-state index in [4.69, 9.17) is 9.47 Å². The van der Waals surface area contributed by atoms with Gasteiger partial charge in [0.15, 0.2) is 11.5 Å². The largest absolute Gasteiger partial charge is 0.423 e. The maximum Gasteiger partial charge on any atom is 0.316 e. The van der Waals surface area contributed by atoms with E-state index in [1.54, 1.807) is 45.0 Å². The molecule has 0 saturated heterocycles. The van der Waals surface area contributed by atoms with E-state index in [1.807, 2.05) is 0 Å². The highest BCUT2D eigenvalue weighted by Gasteiger charge is 2.25. The van der Waals surface area contributed by atoms with E-state index in [1.165, 1.54) is 25.7 Å². The number of carbonyl (C=O) groups is 2. The van der Waals surface area contributed by atoms with E-state index in [2.05, 4.69) is 6.92 Å². The fourth-order valence-corrected chi connectivity index (χ4v) is 2.27. The summed E-state index contributed by atoms with van der Waals surface area (Å²) in [7, 11) is 0. The third-order valence-electron chi connectivity index (χ3n) is 3.87. The smallest absolute Gasteiger partial charge is 0.316 e. The van der Waals surface area contributed by atoms with Crippen LogP contribution in [-0.4, -0.2) is 11.9 Å². The summed E-state index contributed by atoms with van der Waals surface area (Å²) in [6.07, 6.45) is 8.44. The van der Waals surface area contributed by atoms with Crippen LogP contribution in [-0.2, 0) is 9.59 Å². The van der Waals surface area contributed by atoms with Crippen molar-refractivity contribution in [2.24, 2.45) is 5.41 Å². The van der Waals surface area contributed by atoms with Crippen LogP contribution in [0.3, 0.4) is 0 Å². The van der Waals surface area contributed by atoms with Gasteiger partial charge in [0, 0.05) is 6.42 Å². The topological polar surface area (TPSA) is 52.6 Å². The summed E-state index contributed by atoms with van der Waals surface area (Å²) in [6, 6.07) is 6.79. The molecular formula is C21H32O4. The maximum absolute atomic E-state index is 12.0. The molecule has 0 N–H and O–H groups in total. The van der Waals surface area contributed by atoms with Crippen LogP contribution in [0.4, 0.5) is 0 Å². The average molecular weight is 348 g/mol. The minimum absolute atomic E-state index is 0.284. The van der Waals surface area contributed by atoms with Crippen LogP contribution in [0.2, 0.25) is 0 Å². The summed E-state index contributed by atoms with van der Waals surface area (Å²) in [6.45, 7) is 7.55. The Labute approximate surface area is 151 Å². The molecule has 0 aliphatic carbocycles. The van der Waals surface area contributed by atoms with Crippen LogP contribution in [0.25, 0.3) is 0 Å². The number of ether oxygens (including phenoxy) is 2. The molecule has 0 atom stereocenters. The van der Waals surface area contributed by atoms with Crippen molar-refractivity contribution < 1.29 is 19.1 Å². The predicted molar refractivity (Wildman–Crippen MR) is 99.8 cm³/mol. The monoisotopic (exact) mass is 348 g/mol. The zero-order valence-corrected chi connectivity index (χ0v) is 16.1. The minimum Gasteiger partial charge on any atom is -0.423 e. The van der Waals surface area contributed by atoms with Gasteiger partial charge in [-0.15, -0.1) is 0 Å². The molecule has 0 saturated carbocycles. The van der Waals surface area contributed by atoms with E-state index in [9.17, 15) is 9.59 Å². The number of unbranched alkanes of at least 4 members (excludes halogenated alkanes) is 6. The van der Waals surface area contributed by atoms with E-state index in [0.29, 0.717) is 12.2 Å². The highest BCUT2D eigenvalue weighted by molar-refractivity contribution is 5.79. The van der Waals surface area contributed by atoms with Gasteiger partial charge < -0.3 is 9.47 Å². The Kier molecular flexibility index (Phi) is 9.25. The fraction of sp³-hybridized carbons (Fsp3) is 0.619. The van der Waals surface area contributed by atoms with E-state index in [-0.39, 0.29) is 17.7 Å². The quantitative estimate of drug-likeness (QED) is 0.310. The molecule has 0 amide bonds. The van der Waals surface area contributed by atoms with Crippen LogP contribution in [0.5, 0.6) is 11.5 Å². The normalized spacial score (nSPS) is 11.2. The minimum atomic E-state index is -0.616. The second kappa shape index (κ2) is 10.9. The number of benzene rings is 1. The lowest BCUT2D eigenvalue weighted by Crippen LogP contribution is -2.25. The standard InChI is InChI=1S/C21H32O4/c1-5-6-7-8-9-10-11-16-19(22)24-17-14-12-13-15-18(17)25-20(23)21(2,3)4/h12-15H,5-11,16H2,1-4H3. The molecule has 1 rings (SSSR count). The molecule has 0 heterocycles. The second-order valence-corrected chi connectivity index (χ2v) is 7.43. The van der Waals surface area contributed by atoms with Gasteiger partial charge in [-0.1, -0.05) is 57.6 Å². The van der Waals surface area contributed by atoms with Crippen molar-refractivity contribution in [2.75, 3.05) is 0 Å². The molecule has 0 bridgehead atoms. The predicted octanol–water partition coefficient (Wildman–Crippen LogP) is 5.68. The Bertz CT molecular complexity index is 543. The second-order valence-electron chi connectivity index (χ2n) is 7.43. The van der Waals surface area contributed by atoms with E-state index >= 15 is 0 Å². The van der Waals surface area contributed by atoms with Crippen LogP contribution in [0, 0.1) is 5.41 Å². The van der Waals surface area contributed by atoms with Gasteiger partial charge in [-0.3, -0.25) is 9.59 Å². The molecule has 0 aliphatic rings. The molecule has 1 aromatic carbocycles. The lowest BCUT2D eigenvalue weighted by Gasteiger charge is -2.17. The van der Waals surface area contributed by atoms with Crippen molar-refractivity contribution in [1.82, 2.24) is 0 Å². The van der Waals surface area contributed by atoms with Crippen LogP contribution < -0.4 is 9.47 Å². The number of para-hydroxylation sites is 2. The first-order valence-electron chi connectivity index (χ1n) is 9.36.